The Kier molecular flexibility index (Phi) is 9.09. The summed E-state index contributed by atoms with van der Waals surface area (Å²) in [4.78, 5) is 9.93. The molecular weight excluding hydrogens is 229 g/mol. The monoisotopic (exact) mass is 242 g/mol. The first-order valence-corrected chi connectivity index (χ1v) is 2.41. The van der Waals surface area contributed by atoms with E-state index in [0.29, 0.717) is 0 Å². The van der Waals surface area contributed by atoms with Crippen LogP contribution < -0.4 is 0 Å². The first kappa shape index (κ1) is 11.8. The van der Waals surface area contributed by atoms with Crippen LogP contribution in [0.4, 0.5) is 0 Å². The summed E-state index contributed by atoms with van der Waals surface area (Å²) in [6, 6.07) is 0. The summed E-state index contributed by atoms with van der Waals surface area (Å²) in [5.41, 5.74) is 0. The zero-order chi connectivity index (χ0) is 5.86. The third-order valence-corrected chi connectivity index (χ3v) is 1.03. The van der Waals surface area contributed by atoms with Crippen LogP contribution in [0.2, 0.25) is 0 Å². The van der Waals surface area contributed by atoms with Crippen LogP contribution >= 0.6 is 0 Å². The van der Waals surface area contributed by atoms with Crippen LogP contribution in [-0.4, -0.2) is 60.0 Å². The van der Waals surface area contributed by atoms with Crippen molar-refractivity contribution in [2.75, 3.05) is 0 Å². The van der Waals surface area contributed by atoms with Crippen molar-refractivity contribution in [3.63, 3.8) is 0 Å². The van der Waals surface area contributed by atoms with Gasteiger partial charge in [-0.2, -0.15) is 0 Å². The minimum absolute atomic E-state index is 0. The molecule has 0 aliphatic heterocycles. The summed E-state index contributed by atoms with van der Waals surface area (Å²) >= 11 is 0. The van der Waals surface area contributed by atoms with Crippen molar-refractivity contribution in [2.24, 2.45) is 5.92 Å². The fourth-order valence-corrected chi connectivity index (χ4v) is 0.175. The van der Waals surface area contributed by atoms with Crippen LogP contribution in [0.25, 0.3) is 0 Å². The van der Waals surface area contributed by atoms with Crippen LogP contribution in [0.3, 0.4) is 0 Å². The van der Waals surface area contributed by atoms with Crippen molar-refractivity contribution < 1.29 is 9.90 Å². The van der Waals surface area contributed by atoms with E-state index >= 15 is 0 Å². The van der Waals surface area contributed by atoms with Gasteiger partial charge >= 0.3 is 54.9 Å². The van der Waals surface area contributed by atoms with Gasteiger partial charge in [-0.25, -0.2) is 0 Å². The molecule has 46 valence electrons. The summed E-state index contributed by atoms with van der Waals surface area (Å²) in [6.45, 7) is 3.56. The predicted octanol–water partition coefficient (Wildman–Crippen LogP) is 0.201. The Morgan fingerprint density at radius 3 is 2.12 bits per heavy atom. The molecule has 1 atom stereocenters. The summed E-state index contributed by atoms with van der Waals surface area (Å²) in [6.07, 6.45) is 0.718. The Morgan fingerprint density at radius 2 is 2.12 bits per heavy atom. The Morgan fingerprint density at radius 1 is 1.75 bits per heavy atom. The van der Waals surface area contributed by atoms with E-state index in [9.17, 15) is 4.79 Å². The van der Waals surface area contributed by atoms with Gasteiger partial charge in [-0.3, -0.25) is 4.79 Å². The topological polar surface area (TPSA) is 37.3 Å². The number of carboxylic acid groups (broad SMARTS) is 1. The van der Waals surface area contributed by atoms with Crippen LogP contribution in [0.5, 0.6) is 0 Å². The van der Waals surface area contributed by atoms with E-state index in [1.807, 2.05) is 6.92 Å². The Balaban J connectivity index is 0. The Bertz CT molecular complexity index is 72.8. The Labute approximate surface area is 89.7 Å². The van der Waals surface area contributed by atoms with Crippen molar-refractivity contribution in [2.45, 2.75) is 20.3 Å². The van der Waals surface area contributed by atoms with Gasteiger partial charge < -0.3 is 5.11 Å². The molecule has 0 radical (unpaired) electrons. The molecule has 2 nitrogen and oxygen atoms in total. The van der Waals surface area contributed by atoms with E-state index < -0.39 is 5.97 Å². The molecule has 0 heterocycles. The van der Waals surface area contributed by atoms with Gasteiger partial charge in [0.05, 0.1) is 5.92 Å². The minimum atomic E-state index is -0.706. The first-order valence-electron chi connectivity index (χ1n) is 2.41. The molecule has 0 aromatic heterocycles. The molecular formula is C5H12BaO2. The summed E-state index contributed by atoms with van der Waals surface area (Å²) in [5, 5.41) is 8.18. The first-order chi connectivity index (χ1) is 3.18. The zero-order valence-electron chi connectivity index (χ0n) is 4.64. The quantitative estimate of drug-likeness (QED) is 0.702. The normalized spacial score (nSPS) is 11.8. The second-order valence-electron chi connectivity index (χ2n) is 1.65. The van der Waals surface area contributed by atoms with Crippen molar-refractivity contribution in [1.29, 1.82) is 0 Å². The van der Waals surface area contributed by atoms with Crippen molar-refractivity contribution in [3.8, 4) is 0 Å². The number of aliphatic carboxylic acids is 1. The van der Waals surface area contributed by atoms with E-state index in [0.717, 1.165) is 6.42 Å². The van der Waals surface area contributed by atoms with Crippen molar-refractivity contribution >= 4 is 54.9 Å². The second-order valence-corrected chi connectivity index (χ2v) is 1.65. The molecule has 0 fully saturated rings. The van der Waals surface area contributed by atoms with E-state index in [1.165, 1.54) is 0 Å². The van der Waals surface area contributed by atoms with Crippen molar-refractivity contribution in [1.82, 2.24) is 0 Å². The molecule has 0 aromatic rings. The molecule has 0 aliphatic rings. The standard InChI is InChI=1S/C5H10O2.Ba.2H/c1-3-4(2)5(6)7;;;/h4H,3H2,1-2H3,(H,6,7);;;. The molecule has 8 heavy (non-hydrogen) atoms. The molecule has 0 amide bonds. The molecule has 1 N–H and O–H groups in total. The van der Waals surface area contributed by atoms with Gasteiger partial charge in [0, 0.05) is 0 Å². The maximum absolute atomic E-state index is 9.93. The summed E-state index contributed by atoms with van der Waals surface area (Å²) in [7, 11) is 0. The molecule has 3 heteroatoms. The van der Waals surface area contributed by atoms with Gasteiger partial charge in [-0.15, -0.1) is 0 Å². The van der Waals surface area contributed by atoms with Gasteiger partial charge in [0.2, 0.25) is 0 Å². The third kappa shape index (κ3) is 5.18. The average Bonchev–Trinajstić information content (AvgIpc) is 1.65. The van der Waals surface area contributed by atoms with Crippen LogP contribution in [0, 0.1) is 5.92 Å². The fraction of sp³-hybridized carbons (Fsp3) is 0.800. The third-order valence-electron chi connectivity index (χ3n) is 1.03. The molecule has 1 unspecified atom stereocenters. The van der Waals surface area contributed by atoms with Gasteiger partial charge in [0.25, 0.3) is 0 Å². The van der Waals surface area contributed by atoms with E-state index in [1.54, 1.807) is 6.92 Å². The molecule has 0 bridgehead atoms. The second kappa shape index (κ2) is 6.17. The summed E-state index contributed by atoms with van der Waals surface area (Å²) < 4.78 is 0. The number of rotatable bonds is 2. The number of hydrogen-bond acceptors (Lipinski definition) is 1. The number of carbonyl (C=O) groups is 1. The molecule has 0 saturated carbocycles. The van der Waals surface area contributed by atoms with Crippen molar-refractivity contribution in [3.05, 3.63) is 0 Å². The fourth-order valence-electron chi connectivity index (χ4n) is 0.175. The maximum atomic E-state index is 9.93. The number of hydrogen-bond donors (Lipinski definition) is 1. The van der Waals surface area contributed by atoms with E-state index in [4.69, 9.17) is 5.11 Å². The SMILES string of the molecule is CCC(C)C(=O)O.[BaH2]. The summed E-state index contributed by atoms with van der Waals surface area (Å²) in [5.74, 6) is -0.887. The van der Waals surface area contributed by atoms with Gasteiger partial charge in [0.15, 0.2) is 0 Å². The van der Waals surface area contributed by atoms with Gasteiger partial charge in [-0.05, 0) is 6.42 Å². The Hall–Kier alpha value is 1.04. The average molecular weight is 241 g/mol. The van der Waals surface area contributed by atoms with Crippen LogP contribution in [0.15, 0.2) is 0 Å². The van der Waals surface area contributed by atoms with Gasteiger partial charge in [-0.1, -0.05) is 13.8 Å². The molecule has 0 spiro atoms. The molecule has 0 rings (SSSR count). The van der Waals surface area contributed by atoms with E-state index in [2.05, 4.69) is 0 Å². The van der Waals surface area contributed by atoms with E-state index in [-0.39, 0.29) is 54.8 Å². The zero-order valence-corrected chi connectivity index (χ0v) is 4.64. The molecule has 0 saturated heterocycles. The van der Waals surface area contributed by atoms with Gasteiger partial charge in [0.1, 0.15) is 0 Å². The van der Waals surface area contributed by atoms with Crippen LogP contribution in [-0.2, 0) is 4.79 Å². The van der Waals surface area contributed by atoms with Crippen LogP contribution in [0.1, 0.15) is 20.3 Å². The molecule has 0 aromatic carbocycles. The molecule has 0 aliphatic carbocycles. The number of carboxylic acids is 1. The predicted molar refractivity (Wildman–Crippen MR) is 35.6 cm³/mol.